The Morgan fingerprint density at radius 2 is 2.26 bits per heavy atom. The Balaban J connectivity index is 3.04. The van der Waals surface area contributed by atoms with Gasteiger partial charge in [0, 0.05) is 6.07 Å². The molecule has 0 aliphatic heterocycles. The van der Waals surface area contributed by atoms with E-state index >= 15 is 0 Å². The molecule has 0 aromatic carbocycles. The van der Waals surface area contributed by atoms with Crippen molar-refractivity contribution < 1.29 is 13.5 Å². The summed E-state index contributed by atoms with van der Waals surface area (Å²) in [5, 5.41) is 0. The molecule has 1 rings (SSSR count). The summed E-state index contributed by atoms with van der Waals surface area (Å²) < 4.78 is 32.1. The van der Waals surface area contributed by atoms with Crippen LogP contribution in [0.1, 0.15) is 19.4 Å². The maximum atomic E-state index is 13.6. The predicted molar refractivity (Wildman–Crippen MR) is 70.9 cm³/mol. The number of nitrogens with zero attached hydrogens (tertiary/aromatic N) is 1. The molecule has 3 N–H and O–H groups in total. The number of anilines is 1. The summed E-state index contributed by atoms with van der Waals surface area (Å²) in [7, 11) is 0. The Hall–Kier alpha value is -1.95. The molecule has 0 saturated carbocycles. The number of hydrazine groups is 1. The Morgan fingerprint density at radius 1 is 1.58 bits per heavy atom. The van der Waals surface area contributed by atoms with E-state index in [1.807, 2.05) is 0 Å². The number of hydrogen-bond donors (Lipinski definition) is 2. The third-order valence-corrected chi connectivity index (χ3v) is 2.37. The number of allylic oxidation sites excluding steroid dienone is 4. The van der Waals surface area contributed by atoms with Crippen LogP contribution in [-0.2, 0) is 0 Å². The van der Waals surface area contributed by atoms with Crippen molar-refractivity contribution in [2.45, 2.75) is 26.9 Å². The third-order valence-electron chi connectivity index (χ3n) is 2.37. The molecule has 104 valence electrons. The minimum Gasteiger partial charge on any atom is -0.437 e. The molecule has 0 spiro atoms. The molecule has 0 radical (unpaired) electrons. The molecule has 0 aliphatic carbocycles. The third kappa shape index (κ3) is 4.03. The largest absolute Gasteiger partial charge is 0.437 e. The molecule has 0 saturated heterocycles. The van der Waals surface area contributed by atoms with Crippen LogP contribution in [0.2, 0.25) is 0 Å². The molecule has 0 aliphatic rings. The number of alkyl halides is 1. The number of hydrogen-bond acceptors (Lipinski definition) is 4. The highest BCUT2D eigenvalue weighted by atomic mass is 19.1. The van der Waals surface area contributed by atoms with E-state index in [4.69, 9.17) is 10.6 Å². The minimum atomic E-state index is -1.58. The summed E-state index contributed by atoms with van der Waals surface area (Å²) in [5.41, 5.74) is 3.82. The van der Waals surface area contributed by atoms with Gasteiger partial charge in [-0.05, 0) is 32.4 Å². The average Bonchev–Trinajstić information content (AvgIpc) is 2.36. The summed E-state index contributed by atoms with van der Waals surface area (Å²) >= 11 is 0. The minimum absolute atomic E-state index is 0.107. The van der Waals surface area contributed by atoms with Crippen LogP contribution in [0.5, 0.6) is 5.88 Å². The zero-order chi connectivity index (χ0) is 14.4. The highest BCUT2D eigenvalue weighted by Gasteiger charge is 2.16. The van der Waals surface area contributed by atoms with Gasteiger partial charge in [-0.25, -0.2) is 13.8 Å². The normalized spacial score (nSPS) is 14.2. The van der Waals surface area contributed by atoms with Crippen LogP contribution in [-0.4, -0.2) is 11.2 Å². The van der Waals surface area contributed by atoms with Gasteiger partial charge in [-0.3, -0.25) is 5.84 Å². The standard InChI is InChI=1S/C13H17F2N3O/c1-4-5-10(15)13(9(3)14)19-12-6-8(2)11(18-16)7-17-12/h4-7,9,18H,16H2,1-3H3/b5-4-,13-10-. The number of rotatable bonds is 5. The SMILES string of the molecule is C/C=C\C(F)=C(\Oc1cc(C)c(NN)cn1)C(C)F. The van der Waals surface area contributed by atoms with Gasteiger partial charge < -0.3 is 10.2 Å². The van der Waals surface area contributed by atoms with E-state index < -0.39 is 17.8 Å². The van der Waals surface area contributed by atoms with Crippen LogP contribution in [0.3, 0.4) is 0 Å². The van der Waals surface area contributed by atoms with Crippen molar-refractivity contribution in [3.05, 3.63) is 41.6 Å². The molecule has 0 bridgehead atoms. The van der Waals surface area contributed by atoms with E-state index in [9.17, 15) is 8.78 Å². The quantitative estimate of drug-likeness (QED) is 0.373. The zero-order valence-electron chi connectivity index (χ0n) is 11.1. The fourth-order valence-corrected chi connectivity index (χ4v) is 1.40. The first-order chi connectivity index (χ1) is 8.99. The maximum Gasteiger partial charge on any atom is 0.219 e. The summed E-state index contributed by atoms with van der Waals surface area (Å²) in [5.74, 6) is 4.21. The average molecular weight is 269 g/mol. The van der Waals surface area contributed by atoms with Crippen molar-refractivity contribution in [1.82, 2.24) is 4.98 Å². The first-order valence-electron chi connectivity index (χ1n) is 5.77. The summed E-state index contributed by atoms with van der Waals surface area (Å²) in [4.78, 5) is 3.92. The van der Waals surface area contributed by atoms with Crippen LogP contribution >= 0.6 is 0 Å². The highest BCUT2D eigenvalue weighted by Crippen LogP contribution is 2.23. The molecule has 1 atom stereocenters. The van der Waals surface area contributed by atoms with E-state index in [2.05, 4.69) is 10.4 Å². The van der Waals surface area contributed by atoms with Crippen molar-refractivity contribution in [2.75, 3.05) is 5.43 Å². The van der Waals surface area contributed by atoms with E-state index in [0.29, 0.717) is 5.69 Å². The van der Waals surface area contributed by atoms with E-state index in [-0.39, 0.29) is 5.88 Å². The van der Waals surface area contributed by atoms with Crippen LogP contribution < -0.4 is 16.0 Å². The van der Waals surface area contributed by atoms with Crippen molar-refractivity contribution in [2.24, 2.45) is 5.84 Å². The first kappa shape index (κ1) is 15.1. The summed E-state index contributed by atoms with van der Waals surface area (Å²) in [6.45, 7) is 4.60. The van der Waals surface area contributed by atoms with Gasteiger partial charge in [0.25, 0.3) is 0 Å². The lowest BCUT2D eigenvalue weighted by Gasteiger charge is -2.12. The number of halogens is 2. The Labute approximate surface area is 110 Å². The molecule has 1 unspecified atom stereocenters. The molecule has 1 heterocycles. The number of nitrogen functional groups attached to an aromatic ring is 1. The van der Waals surface area contributed by atoms with Crippen LogP contribution in [0, 0.1) is 6.92 Å². The monoisotopic (exact) mass is 269 g/mol. The smallest absolute Gasteiger partial charge is 0.219 e. The molecule has 6 heteroatoms. The lowest BCUT2D eigenvalue weighted by molar-refractivity contribution is 0.269. The van der Waals surface area contributed by atoms with Crippen LogP contribution in [0.4, 0.5) is 14.5 Å². The van der Waals surface area contributed by atoms with E-state index in [1.165, 1.54) is 19.2 Å². The molecule has 1 aromatic heterocycles. The molecule has 1 aromatic rings. The van der Waals surface area contributed by atoms with E-state index in [1.54, 1.807) is 19.9 Å². The van der Waals surface area contributed by atoms with E-state index in [0.717, 1.165) is 11.6 Å². The summed E-state index contributed by atoms with van der Waals surface area (Å²) in [6.07, 6.45) is 2.44. The molecule has 19 heavy (non-hydrogen) atoms. The fourth-order valence-electron chi connectivity index (χ4n) is 1.40. The second-order valence-electron chi connectivity index (χ2n) is 3.91. The van der Waals surface area contributed by atoms with Crippen LogP contribution in [0.15, 0.2) is 36.0 Å². The first-order valence-corrected chi connectivity index (χ1v) is 5.77. The molecule has 0 amide bonds. The van der Waals surface area contributed by atoms with Gasteiger partial charge in [0.15, 0.2) is 17.8 Å². The molecule has 0 fully saturated rings. The predicted octanol–water partition coefficient (Wildman–Crippen LogP) is 3.17. The number of nitrogens with one attached hydrogen (secondary N) is 1. The fraction of sp³-hybridized carbons (Fsp3) is 0.308. The van der Waals surface area contributed by atoms with Gasteiger partial charge in [0.1, 0.15) is 0 Å². The highest BCUT2D eigenvalue weighted by molar-refractivity contribution is 5.49. The number of nitrogens with two attached hydrogens (primary N) is 1. The number of aryl methyl sites for hydroxylation is 1. The molecular weight excluding hydrogens is 252 g/mol. The van der Waals surface area contributed by atoms with Gasteiger partial charge in [0.05, 0.1) is 11.9 Å². The van der Waals surface area contributed by atoms with Gasteiger partial charge in [0.2, 0.25) is 5.88 Å². The maximum absolute atomic E-state index is 13.6. The van der Waals surface area contributed by atoms with Gasteiger partial charge in [-0.2, -0.15) is 0 Å². The lowest BCUT2D eigenvalue weighted by Crippen LogP contribution is -2.11. The number of pyridine rings is 1. The summed E-state index contributed by atoms with van der Waals surface area (Å²) in [6, 6.07) is 1.54. The van der Waals surface area contributed by atoms with Gasteiger partial charge in [-0.1, -0.05) is 6.08 Å². The number of ether oxygens (including phenoxy) is 1. The second-order valence-corrected chi connectivity index (χ2v) is 3.91. The Kier molecular flexibility index (Phi) is 5.44. The van der Waals surface area contributed by atoms with Crippen molar-refractivity contribution >= 4 is 5.69 Å². The Bertz CT molecular complexity index is 499. The van der Waals surface area contributed by atoms with Crippen LogP contribution in [0.25, 0.3) is 0 Å². The van der Waals surface area contributed by atoms with Crippen molar-refractivity contribution in [3.63, 3.8) is 0 Å². The second kappa shape index (κ2) is 6.84. The zero-order valence-corrected chi connectivity index (χ0v) is 11.1. The molecule has 4 nitrogen and oxygen atoms in total. The van der Waals surface area contributed by atoms with Crippen molar-refractivity contribution in [3.8, 4) is 5.88 Å². The molecular formula is C13H17F2N3O. The van der Waals surface area contributed by atoms with Gasteiger partial charge >= 0.3 is 0 Å². The van der Waals surface area contributed by atoms with Gasteiger partial charge in [-0.15, -0.1) is 0 Å². The topological polar surface area (TPSA) is 60.2 Å². The Morgan fingerprint density at radius 3 is 2.74 bits per heavy atom. The number of aromatic nitrogens is 1. The van der Waals surface area contributed by atoms with Crippen molar-refractivity contribution in [1.29, 1.82) is 0 Å². The lowest BCUT2D eigenvalue weighted by atomic mass is 10.2.